The number of carbonyl (C=O) groups excluding carboxylic acids is 1. The highest BCUT2D eigenvalue weighted by atomic mass is 32.1. The number of anilines is 2. The van der Waals surface area contributed by atoms with Gasteiger partial charge in [0.2, 0.25) is 0 Å². The van der Waals surface area contributed by atoms with Gasteiger partial charge in [0.1, 0.15) is 0 Å². The second-order valence-electron chi connectivity index (χ2n) is 4.24. The van der Waals surface area contributed by atoms with Crippen molar-refractivity contribution in [2.45, 2.75) is 9.79 Å². The molecule has 0 fully saturated rings. The standard InChI is InChI=1S/C13H10N2OS2/c14-9-1-5-6-2-10(15)12(18)4-8(6)13(16)7(5)3-11(9)17/h1-4,17-18H,14-15H2. The summed E-state index contributed by atoms with van der Waals surface area (Å²) in [5, 5.41) is 0. The lowest BCUT2D eigenvalue weighted by atomic mass is 10.0. The molecule has 0 heterocycles. The molecule has 0 unspecified atom stereocenters. The number of nitrogen functional groups attached to an aromatic ring is 2. The van der Waals surface area contributed by atoms with Crippen LogP contribution < -0.4 is 11.5 Å². The summed E-state index contributed by atoms with van der Waals surface area (Å²) in [6.07, 6.45) is 0. The van der Waals surface area contributed by atoms with Gasteiger partial charge in [-0.3, -0.25) is 4.79 Å². The molecule has 2 aromatic rings. The van der Waals surface area contributed by atoms with Crippen molar-refractivity contribution in [2.24, 2.45) is 0 Å². The number of hydrogen-bond donors (Lipinski definition) is 4. The summed E-state index contributed by atoms with van der Waals surface area (Å²) >= 11 is 8.48. The minimum atomic E-state index is -0.0365. The number of ketones is 1. The Bertz CT molecular complexity index is 651. The van der Waals surface area contributed by atoms with E-state index in [1.54, 1.807) is 24.3 Å². The molecule has 2 aromatic carbocycles. The van der Waals surface area contributed by atoms with Crippen molar-refractivity contribution < 1.29 is 4.79 Å². The van der Waals surface area contributed by atoms with E-state index in [-0.39, 0.29) is 5.78 Å². The van der Waals surface area contributed by atoms with Gasteiger partial charge in [0, 0.05) is 32.3 Å². The average molecular weight is 274 g/mol. The fraction of sp³-hybridized carbons (Fsp3) is 0. The monoisotopic (exact) mass is 274 g/mol. The van der Waals surface area contributed by atoms with Crippen LogP contribution in [0.2, 0.25) is 0 Å². The number of rotatable bonds is 0. The molecule has 0 amide bonds. The number of benzene rings is 2. The van der Waals surface area contributed by atoms with E-state index < -0.39 is 0 Å². The summed E-state index contributed by atoms with van der Waals surface area (Å²) in [6.45, 7) is 0. The summed E-state index contributed by atoms with van der Waals surface area (Å²) in [7, 11) is 0. The Kier molecular flexibility index (Phi) is 2.36. The van der Waals surface area contributed by atoms with E-state index in [4.69, 9.17) is 11.5 Å². The Morgan fingerprint density at radius 3 is 1.50 bits per heavy atom. The SMILES string of the molecule is Nc1cc2c(cc1S)C(=O)c1cc(S)c(N)cc1-2. The van der Waals surface area contributed by atoms with E-state index in [0.717, 1.165) is 11.1 Å². The Morgan fingerprint density at radius 1 is 0.722 bits per heavy atom. The maximum atomic E-state index is 12.3. The van der Waals surface area contributed by atoms with E-state index in [2.05, 4.69) is 25.3 Å². The molecule has 0 aromatic heterocycles. The molecule has 1 aliphatic rings. The number of fused-ring (bicyclic) bond motifs is 3. The van der Waals surface area contributed by atoms with Crippen molar-refractivity contribution in [1.82, 2.24) is 0 Å². The predicted molar refractivity (Wildman–Crippen MR) is 78.6 cm³/mol. The van der Waals surface area contributed by atoms with Gasteiger partial charge in [-0.1, -0.05) is 0 Å². The van der Waals surface area contributed by atoms with Gasteiger partial charge >= 0.3 is 0 Å². The lowest BCUT2D eigenvalue weighted by molar-refractivity contribution is 0.104. The lowest BCUT2D eigenvalue weighted by Gasteiger charge is -2.05. The molecule has 0 saturated heterocycles. The van der Waals surface area contributed by atoms with E-state index >= 15 is 0 Å². The zero-order chi connectivity index (χ0) is 13.0. The van der Waals surface area contributed by atoms with Crippen LogP contribution in [0.4, 0.5) is 11.4 Å². The Labute approximate surface area is 115 Å². The zero-order valence-electron chi connectivity index (χ0n) is 9.27. The first-order chi connectivity index (χ1) is 8.49. The molecule has 3 rings (SSSR count). The topological polar surface area (TPSA) is 69.1 Å². The third kappa shape index (κ3) is 1.44. The van der Waals surface area contributed by atoms with Crippen molar-refractivity contribution in [1.29, 1.82) is 0 Å². The first-order valence-corrected chi connectivity index (χ1v) is 6.18. The molecule has 18 heavy (non-hydrogen) atoms. The van der Waals surface area contributed by atoms with Crippen LogP contribution in [0.1, 0.15) is 15.9 Å². The van der Waals surface area contributed by atoms with Crippen LogP contribution in [-0.4, -0.2) is 5.78 Å². The maximum absolute atomic E-state index is 12.3. The summed E-state index contributed by atoms with van der Waals surface area (Å²) in [6, 6.07) is 6.92. The van der Waals surface area contributed by atoms with Gasteiger partial charge in [-0.2, -0.15) is 0 Å². The summed E-state index contributed by atoms with van der Waals surface area (Å²) < 4.78 is 0. The van der Waals surface area contributed by atoms with E-state index in [0.29, 0.717) is 32.3 Å². The smallest absolute Gasteiger partial charge is 0.194 e. The van der Waals surface area contributed by atoms with Gasteiger partial charge in [-0.15, -0.1) is 25.3 Å². The first-order valence-electron chi connectivity index (χ1n) is 5.29. The molecule has 0 aliphatic heterocycles. The highest BCUT2D eigenvalue weighted by Crippen LogP contribution is 2.41. The molecule has 3 nitrogen and oxygen atoms in total. The molecule has 0 bridgehead atoms. The minimum Gasteiger partial charge on any atom is -0.398 e. The van der Waals surface area contributed by atoms with Crippen LogP contribution in [0.25, 0.3) is 11.1 Å². The van der Waals surface area contributed by atoms with Crippen molar-refractivity contribution in [2.75, 3.05) is 11.5 Å². The lowest BCUT2D eigenvalue weighted by Crippen LogP contribution is -1.97. The summed E-state index contributed by atoms with van der Waals surface area (Å²) in [5.74, 6) is -0.0365. The highest BCUT2D eigenvalue weighted by molar-refractivity contribution is 7.80. The molecular formula is C13H10N2OS2. The second kappa shape index (κ2) is 3.70. The summed E-state index contributed by atoms with van der Waals surface area (Å²) in [4.78, 5) is 13.5. The molecule has 0 saturated carbocycles. The van der Waals surface area contributed by atoms with Crippen molar-refractivity contribution >= 4 is 42.4 Å². The molecule has 4 N–H and O–H groups in total. The van der Waals surface area contributed by atoms with E-state index in [1.165, 1.54) is 0 Å². The van der Waals surface area contributed by atoms with Crippen LogP contribution in [0.3, 0.4) is 0 Å². The predicted octanol–water partition coefficient (Wildman–Crippen LogP) is 2.64. The van der Waals surface area contributed by atoms with Crippen LogP contribution >= 0.6 is 25.3 Å². The van der Waals surface area contributed by atoms with Gasteiger partial charge in [0.05, 0.1) is 0 Å². The third-order valence-electron chi connectivity index (χ3n) is 3.11. The van der Waals surface area contributed by atoms with Gasteiger partial charge < -0.3 is 11.5 Å². The number of nitrogens with two attached hydrogens (primary N) is 2. The van der Waals surface area contributed by atoms with Crippen LogP contribution in [-0.2, 0) is 0 Å². The Morgan fingerprint density at radius 2 is 1.11 bits per heavy atom. The van der Waals surface area contributed by atoms with Crippen molar-refractivity contribution in [3.05, 3.63) is 35.4 Å². The summed E-state index contributed by atoms with van der Waals surface area (Å²) in [5.41, 5.74) is 15.6. The highest BCUT2D eigenvalue weighted by Gasteiger charge is 2.28. The second-order valence-corrected chi connectivity index (χ2v) is 5.21. The van der Waals surface area contributed by atoms with Gasteiger partial charge in [-0.05, 0) is 35.4 Å². The fourth-order valence-electron chi connectivity index (χ4n) is 2.18. The minimum absolute atomic E-state index is 0.0365. The quantitative estimate of drug-likeness (QED) is 0.376. The molecular weight excluding hydrogens is 264 g/mol. The van der Waals surface area contributed by atoms with E-state index in [9.17, 15) is 4.79 Å². The Hall–Kier alpha value is -1.59. The van der Waals surface area contributed by atoms with Crippen molar-refractivity contribution in [3.63, 3.8) is 0 Å². The van der Waals surface area contributed by atoms with Crippen molar-refractivity contribution in [3.8, 4) is 11.1 Å². The number of thiol groups is 2. The molecule has 0 atom stereocenters. The molecule has 5 heteroatoms. The van der Waals surface area contributed by atoms with E-state index in [1.807, 2.05) is 0 Å². The fourth-order valence-corrected chi connectivity index (χ4v) is 2.56. The number of hydrogen-bond acceptors (Lipinski definition) is 5. The third-order valence-corrected chi connectivity index (χ3v) is 3.89. The number of carbonyl (C=O) groups is 1. The molecule has 1 aliphatic carbocycles. The van der Waals surface area contributed by atoms with Crippen LogP contribution in [0, 0.1) is 0 Å². The molecule has 0 radical (unpaired) electrons. The van der Waals surface area contributed by atoms with Gasteiger partial charge in [-0.25, -0.2) is 0 Å². The first kappa shape index (κ1) is 11.5. The van der Waals surface area contributed by atoms with Gasteiger partial charge in [0.25, 0.3) is 0 Å². The normalized spacial score (nSPS) is 12.4. The molecule has 0 spiro atoms. The van der Waals surface area contributed by atoms with Gasteiger partial charge in [0.15, 0.2) is 5.78 Å². The van der Waals surface area contributed by atoms with Crippen LogP contribution in [0.15, 0.2) is 34.1 Å². The molecule has 90 valence electrons. The zero-order valence-corrected chi connectivity index (χ0v) is 11.1. The average Bonchev–Trinajstić information content (AvgIpc) is 2.56. The largest absolute Gasteiger partial charge is 0.398 e. The Balaban J connectivity index is 2.37. The van der Waals surface area contributed by atoms with Crippen LogP contribution in [0.5, 0.6) is 0 Å². The maximum Gasteiger partial charge on any atom is 0.194 e.